The van der Waals surface area contributed by atoms with Crippen LogP contribution >= 0.6 is 0 Å². The van der Waals surface area contributed by atoms with Gasteiger partial charge in [0.25, 0.3) is 0 Å². The van der Waals surface area contributed by atoms with Gasteiger partial charge in [-0.2, -0.15) is 13.2 Å². The number of alkyl halides is 3. The summed E-state index contributed by atoms with van der Waals surface area (Å²) >= 11 is 0. The second kappa shape index (κ2) is 5.45. The number of carbonyl (C=O) groups is 3. The van der Waals surface area contributed by atoms with Crippen LogP contribution in [0.3, 0.4) is 0 Å². The van der Waals surface area contributed by atoms with Crippen molar-refractivity contribution in [1.82, 2.24) is 10.2 Å². The largest absolute Gasteiger partial charge is 0.480 e. The van der Waals surface area contributed by atoms with Gasteiger partial charge in [0.15, 0.2) is 0 Å². The highest BCUT2D eigenvalue weighted by Crippen LogP contribution is 2.28. The Morgan fingerprint density at radius 3 is 2.42 bits per heavy atom. The third-order valence-corrected chi connectivity index (χ3v) is 2.82. The average Bonchev–Trinajstić information content (AvgIpc) is 2.25. The minimum Gasteiger partial charge on any atom is -0.480 e. The Bertz CT molecular complexity index is 397. The van der Waals surface area contributed by atoms with Crippen LogP contribution in [0, 0.1) is 5.92 Å². The van der Waals surface area contributed by atoms with E-state index in [9.17, 15) is 27.6 Å². The number of hydrogen-bond donors (Lipinski definition) is 2. The van der Waals surface area contributed by atoms with Crippen molar-refractivity contribution in [2.75, 3.05) is 13.6 Å². The van der Waals surface area contributed by atoms with Crippen molar-refractivity contribution in [3.63, 3.8) is 0 Å². The van der Waals surface area contributed by atoms with Gasteiger partial charge in [0.05, 0.1) is 0 Å². The fraction of sp³-hybridized carbons (Fsp3) is 0.700. The molecule has 19 heavy (non-hydrogen) atoms. The molecule has 2 unspecified atom stereocenters. The molecule has 108 valence electrons. The Hall–Kier alpha value is -1.80. The molecule has 0 saturated carbocycles. The lowest BCUT2D eigenvalue weighted by molar-refractivity contribution is -0.172. The number of halogens is 3. The predicted octanol–water partition coefficient (Wildman–Crippen LogP) is -0.0135. The molecule has 0 spiro atoms. The van der Waals surface area contributed by atoms with Crippen LogP contribution in [0.15, 0.2) is 0 Å². The van der Waals surface area contributed by atoms with Gasteiger partial charge in [-0.1, -0.05) is 0 Å². The second-order valence-electron chi connectivity index (χ2n) is 4.32. The monoisotopic (exact) mass is 282 g/mol. The first kappa shape index (κ1) is 15.3. The Morgan fingerprint density at radius 2 is 2.00 bits per heavy atom. The zero-order valence-corrected chi connectivity index (χ0v) is 10.0. The Balaban J connectivity index is 2.66. The Morgan fingerprint density at radius 1 is 1.42 bits per heavy atom. The van der Waals surface area contributed by atoms with Crippen molar-refractivity contribution in [1.29, 1.82) is 0 Å². The van der Waals surface area contributed by atoms with Crippen molar-refractivity contribution in [3.05, 3.63) is 0 Å². The van der Waals surface area contributed by atoms with Gasteiger partial charge in [-0.15, -0.1) is 0 Å². The topological polar surface area (TPSA) is 86.7 Å². The molecule has 0 bridgehead atoms. The number of rotatable bonds is 3. The Kier molecular flexibility index (Phi) is 4.38. The normalized spacial score (nSPS) is 23.7. The summed E-state index contributed by atoms with van der Waals surface area (Å²) in [4.78, 5) is 34.4. The number of nitrogens with one attached hydrogen (secondary N) is 1. The molecule has 2 N–H and O–H groups in total. The van der Waals surface area contributed by atoms with Crippen molar-refractivity contribution in [2.45, 2.75) is 25.1 Å². The van der Waals surface area contributed by atoms with Crippen LogP contribution in [-0.2, 0) is 14.4 Å². The maximum Gasteiger partial charge on any atom is 0.408 e. The lowest BCUT2D eigenvalue weighted by atomic mass is 9.92. The van der Waals surface area contributed by atoms with Gasteiger partial charge in [-0.3, -0.25) is 14.4 Å². The predicted molar refractivity (Wildman–Crippen MR) is 56.0 cm³/mol. The highest BCUT2D eigenvalue weighted by molar-refractivity contribution is 6.01. The fourth-order valence-corrected chi connectivity index (χ4v) is 1.84. The highest BCUT2D eigenvalue weighted by atomic mass is 19.4. The van der Waals surface area contributed by atoms with Crippen LogP contribution in [0.1, 0.15) is 12.8 Å². The number of carbonyl (C=O) groups excluding carboxylic acids is 2. The first-order valence-corrected chi connectivity index (χ1v) is 5.46. The van der Waals surface area contributed by atoms with Crippen LogP contribution in [0.4, 0.5) is 13.2 Å². The van der Waals surface area contributed by atoms with Crippen LogP contribution in [0.5, 0.6) is 0 Å². The molecule has 6 nitrogen and oxygen atoms in total. The summed E-state index contributed by atoms with van der Waals surface area (Å²) in [6.07, 6.45) is -5.19. The summed E-state index contributed by atoms with van der Waals surface area (Å²) in [6.45, 7) is -0.606. The van der Waals surface area contributed by atoms with Crippen LogP contribution in [-0.4, -0.2) is 53.6 Å². The molecule has 0 aliphatic carbocycles. The first-order valence-electron chi connectivity index (χ1n) is 5.46. The molecule has 1 heterocycles. The van der Waals surface area contributed by atoms with Gasteiger partial charge < -0.3 is 15.3 Å². The molecule has 0 radical (unpaired) electrons. The van der Waals surface area contributed by atoms with E-state index < -0.39 is 48.9 Å². The number of amides is 2. The lowest BCUT2D eigenvalue weighted by Gasteiger charge is -2.31. The number of nitrogens with zero attached hydrogens (tertiary/aromatic N) is 1. The fourth-order valence-electron chi connectivity index (χ4n) is 1.84. The minimum atomic E-state index is -4.54. The third-order valence-electron chi connectivity index (χ3n) is 2.82. The van der Waals surface area contributed by atoms with Gasteiger partial charge in [-0.05, 0) is 12.8 Å². The van der Waals surface area contributed by atoms with E-state index in [2.05, 4.69) is 0 Å². The van der Waals surface area contributed by atoms with Gasteiger partial charge in [0.1, 0.15) is 18.5 Å². The molecule has 0 aromatic carbocycles. The SMILES string of the molecule is CN(CC(=O)O)C(=O)C1CCC(C(F)(F)F)NC1=O. The van der Waals surface area contributed by atoms with E-state index in [1.165, 1.54) is 7.05 Å². The summed E-state index contributed by atoms with van der Waals surface area (Å²) in [5.74, 6) is -4.33. The second-order valence-corrected chi connectivity index (χ2v) is 4.32. The number of aliphatic carboxylic acids is 1. The maximum absolute atomic E-state index is 12.4. The maximum atomic E-state index is 12.4. The third kappa shape index (κ3) is 3.83. The molecule has 1 aliphatic heterocycles. The molecule has 0 aromatic rings. The number of piperidine rings is 1. The quantitative estimate of drug-likeness (QED) is 0.713. The van der Waals surface area contributed by atoms with Gasteiger partial charge in [0, 0.05) is 7.05 Å². The van der Waals surface area contributed by atoms with E-state index in [1.54, 1.807) is 5.32 Å². The summed E-state index contributed by atoms with van der Waals surface area (Å²) in [7, 11) is 1.18. The average molecular weight is 282 g/mol. The van der Waals surface area contributed by atoms with Gasteiger partial charge >= 0.3 is 12.1 Å². The van der Waals surface area contributed by atoms with Crippen LogP contribution in [0.2, 0.25) is 0 Å². The summed E-state index contributed by atoms with van der Waals surface area (Å²) < 4.78 is 37.2. The highest BCUT2D eigenvalue weighted by Gasteiger charge is 2.46. The van der Waals surface area contributed by atoms with Gasteiger partial charge in [0.2, 0.25) is 11.8 Å². The Labute approximate surface area is 106 Å². The van der Waals surface area contributed by atoms with Crippen LogP contribution in [0.25, 0.3) is 0 Å². The lowest BCUT2D eigenvalue weighted by Crippen LogP contribution is -2.54. The first-order chi connectivity index (χ1) is 8.62. The molecule has 1 fully saturated rings. The molecule has 1 saturated heterocycles. The van der Waals surface area contributed by atoms with Crippen molar-refractivity contribution >= 4 is 17.8 Å². The smallest absolute Gasteiger partial charge is 0.408 e. The summed E-state index contributed by atoms with van der Waals surface area (Å²) in [5.41, 5.74) is 0. The summed E-state index contributed by atoms with van der Waals surface area (Å²) in [6, 6.07) is -1.95. The standard InChI is InChI=1S/C10H13F3N2O4/c1-15(4-7(16)17)9(19)5-2-3-6(10(11,12)13)14-8(5)18/h5-6H,2-4H2,1H3,(H,14,18)(H,16,17). The van der Waals surface area contributed by atoms with E-state index in [0.717, 1.165) is 4.90 Å². The molecular formula is C10H13F3N2O4. The molecule has 1 rings (SSSR count). The minimum absolute atomic E-state index is 0.251. The van der Waals surface area contributed by atoms with Crippen molar-refractivity contribution < 1.29 is 32.7 Å². The molecular weight excluding hydrogens is 269 g/mol. The number of carboxylic acids is 1. The van der Waals surface area contributed by atoms with E-state index in [1.807, 2.05) is 0 Å². The molecule has 2 amide bonds. The molecule has 9 heteroatoms. The van der Waals surface area contributed by atoms with Crippen molar-refractivity contribution in [2.24, 2.45) is 5.92 Å². The molecule has 2 atom stereocenters. The van der Waals surface area contributed by atoms with E-state index in [4.69, 9.17) is 5.11 Å². The van der Waals surface area contributed by atoms with Crippen molar-refractivity contribution in [3.8, 4) is 0 Å². The van der Waals surface area contributed by atoms with Gasteiger partial charge in [-0.25, -0.2) is 0 Å². The van der Waals surface area contributed by atoms with Crippen LogP contribution < -0.4 is 5.32 Å². The molecule has 0 aromatic heterocycles. The van der Waals surface area contributed by atoms with E-state index in [-0.39, 0.29) is 6.42 Å². The number of hydrogen-bond acceptors (Lipinski definition) is 3. The number of carboxylic acid groups (broad SMARTS) is 1. The number of likely N-dealkylation sites (N-methyl/N-ethyl adjacent to an activating group) is 1. The van der Waals surface area contributed by atoms with E-state index >= 15 is 0 Å². The zero-order valence-electron chi connectivity index (χ0n) is 10.0. The van der Waals surface area contributed by atoms with E-state index in [0.29, 0.717) is 0 Å². The zero-order chi connectivity index (χ0) is 14.8. The molecule has 1 aliphatic rings. The summed E-state index contributed by atoms with van der Waals surface area (Å²) in [5, 5.41) is 10.2.